The van der Waals surface area contributed by atoms with Crippen LogP contribution in [0.4, 0.5) is 4.39 Å². The maximum absolute atomic E-state index is 12.8. The van der Waals surface area contributed by atoms with E-state index < -0.39 is 6.10 Å². The summed E-state index contributed by atoms with van der Waals surface area (Å²) in [7, 11) is 0. The fourth-order valence-corrected chi connectivity index (χ4v) is 2.45. The van der Waals surface area contributed by atoms with Crippen molar-refractivity contribution in [3.8, 4) is 0 Å². The number of halogens is 1. The van der Waals surface area contributed by atoms with E-state index in [-0.39, 0.29) is 17.5 Å². The van der Waals surface area contributed by atoms with Crippen molar-refractivity contribution < 1.29 is 14.3 Å². The van der Waals surface area contributed by atoms with Crippen LogP contribution in [0, 0.1) is 17.7 Å². The molecule has 1 aliphatic rings. The number of carbonyl (C=O) groups is 1. The lowest BCUT2D eigenvalue weighted by Crippen LogP contribution is -2.29. The molecular weight excluding hydrogens is 219 g/mol. The highest BCUT2D eigenvalue weighted by Gasteiger charge is 2.32. The molecule has 0 amide bonds. The molecule has 92 valence electrons. The molecule has 3 atom stereocenters. The van der Waals surface area contributed by atoms with Crippen LogP contribution in [-0.4, -0.2) is 10.9 Å². The molecule has 1 fully saturated rings. The van der Waals surface area contributed by atoms with Gasteiger partial charge in [-0.1, -0.05) is 19.1 Å². The second-order valence-corrected chi connectivity index (χ2v) is 4.95. The normalized spacial score (nSPS) is 26.9. The topological polar surface area (TPSA) is 37.3 Å². The summed E-state index contributed by atoms with van der Waals surface area (Å²) in [4.78, 5) is 11.8. The molecule has 2 nitrogen and oxygen atoms in total. The summed E-state index contributed by atoms with van der Waals surface area (Å²) in [6.07, 6.45) is 1.37. The standard InChI is InChI=1S/C14H17FO2/c1-9-2-7-13(16)12(8-9)14(17)10-3-5-11(15)6-4-10/h3-6,9,12,14,17H,2,7-8H2,1H3/t9-,12-,14+/m0/s1. The summed E-state index contributed by atoms with van der Waals surface area (Å²) in [6, 6.07) is 5.73. The molecule has 1 aromatic rings. The second kappa shape index (κ2) is 4.96. The first kappa shape index (κ1) is 12.2. The average Bonchev–Trinajstić information content (AvgIpc) is 2.32. The van der Waals surface area contributed by atoms with E-state index in [1.165, 1.54) is 12.1 Å². The van der Waals surface area contributed by atoms with E-state index in [1.54, 1.807) is 12.1 Å². The van der Waals surface area contributed by atoms with Crippen LogP contribution in [0.3, 0.4) is 0 Å². The van der Waals surface area contributed by atoms with Crippen LogP contribution in [-0.2, 0) is 4.79 Å². The molecule has 1 aromatic carbocycles. The Morgan fingerprint density at radius 1 is 1.35 bits per heavy atom. The van der Waals surface area contributed by atoms with Crippen molar-refractivity contribution in [2.24, 2.45) is 11.8 Å². The largest absolute Gasteiger partial charge is 0.388 e. The van der Waals surface area contributed by atoms with Crippen molar-refractivity contribution in [2.45, 2.75) is 32.3 Å². The highest BCUT2D eigenvalue weighted by molar-refractivity contribution is 5.82. The van der Waals surface area contributed by atoms with Gasteiger partial charge in [-0.3, -0.25) is 4.79 Å². The van der Waals surface area contributed by atoms with Gasteiger partial charge in [0.05, 0.1) is 6.10 Å². The number of hydrogen-bond acceptors (Lipinski definition) is 2. The Bertz CT molecular complexity index is 399. The van der Waals surface area contributed by atoms with Gasteiger partial charge < -0.3 is 5.11 Å². The molecule has 0 unspecified atom stereocenters. The maximum atomic E-state index is 12.8. The van der Waals surface area contributed by atoms with Crippen LogP contribution in [0.15, 0.2) is 24.3 Å². The van der Waals surface area contributed by atoms with Crippen molar-refractivity contribution in [3.05, 3.63) is 35.6 Å². The summed E-state index contributed by atoms with van der Waals surface area (Å²) in [5.41, 5.74) is 0.624. The lowest BCUT2D eigenvalue weighted by molar-refractivity contribution is -0.129. The van der Waals surface area contributed by atoms with Gasteiger partial charge in [0.1, 0.15) is 11.6 Å². The number of carbonyl (C=O) groups excluding carboxylic acids is 1. The number of ketones is 1. The molecule has 2 rings (SSSR count). The Morgan fingerprint density at radius 3 is 2.65 bits per heavy atom. The molecule has 1 N–H and O–H groups in total. The zero-order chi connectivity index (χ0) is 12.4. The number of Topliss-reactive ketones (excluding diaryl/α,β-unsaturated/α-hetero) is 1. The number of hydrogen-bond donors (Lipinski definition) is 1. The summed E-state index contributed by atoms with van der Waals surface area (Å²) in [6.45, 7) is 2.09. The van der Waals surface area contributed by atoms with Crippen LogP contribution < -0.4 is 0 Å². The molecule has 0 aromatic heterocycles. The Labute approximate surface area is 100 Å². The molecule has 1 aliphatic carbocycles. The first-order chi connectivity index (χ1) is 8.08. The summed E-state index contributed by atoms with van der Waals surface area (Å²) in [5.74, 6) is -0.0683. The molecule has 0 aliphatic heterocycles. The van der Waals surface area contributed by atoms with Gasteiger partial charge in [0.25, 0.3) is 0 Å². The maximum Gasteiger partial charge on any atom is 0.138 e. The first-order valence-electron chi connectivity index (χ1n) is 6.04. The minimum absolute atomic E-state index is 0.125. The predicted octanol–water partition coefficient (Wildman–Crippen LogP) is 2.86. The molecule has 17 heavy (non-hydrogen) atoms. The molecule has 3 heteroatoms. The molecule has 0 radical (unpaired) electrons. The fourth-order valence-electron chi connectivity index (χ4n) is 2.45. The van der Waals surface area contributed by atoms with Gasteiger partial charge in [-0.15, -0.1) is 0 Å². The van der Waals surface area contributed by atoms with Crippen LogP contribution >= 0.6 is 0 Å². The molecule has 0 spiro atoms. The lowest BCUT2D eigenvalue weighted by Gasteiger charge is -2.29. The van der Waals surface area contributed by atoms with Crippen LogP contribution in [0.25, 0.3) is 0 Å². The Balaban J connectivity index is 2.15. The average molecular weight is 236 g/mol. The number of rotatable bonds is 2. The van der Waals surface area contributed by atoms with Gasteiger partial charge >= 0.3 is 0 Å². The van der Waals surface area contributed by atoms with Gasteiger partial charge in [-0.05, 0) is 36.5 Å². The van der Waals surface area contributed by atoms with Crippen molar-refractivity contribution in [1.29, 1.82) is 0 Å². The van der Waals surface area contributed by atoms with Gasteiger partial charge in [-0.25, -0.2) is 4.39 Å². The predicted molar refractivity (Wildman–Crippen MR) is 62.9 cm³/mol. The molecule has 0 heterocycles. The van der Waals surface area contributed by atoms with Gasteiger partial charge in [0.2, 0.25) is 0 Å². The summed E-state index contributed by atoms with van der Waals surface area (Å²) in [5, 5.41) is 10.2. The Morgan fingerprint density at radius 2 is 2.00 bits per heavy atom. The van der Waals surface area contributed by atoms with Crippen molar-refractivity contribution in [3.63, 3.8) is 0 Å². The fraction of sp³-hybridized carbons (Fsp3) is 0.500. The highest BCUT2D eigenvalue weighted by atomic mass is 19.1. The number of aliphatic hydroxyl groups excluding tert-OH is 1. The highest BCUT2D eigenvalue weighted by Crippen LogP contribution is 2.34. The van der Waals surface area contributed by atoms with Crippen LogP contribution in [0.1, 0.15) is 37.9 Å². The zero-order valence-corrected chi connectivity index (χ0v) is 9.90. The third-order valence-corrected chi connectivity index (χ3v) is 3.55. The van der Waals surface area contributed by atoms with E-state index in [4.69, 9.17) is 0 Å². The van der Waals surface area contributed by atoms with E-state index in [9.17, 15) is 14.3 Å². The van der Waals surface area contributed by atoms with E-state index in [0.29, 0.717) is 17.9 Å². The molecule has 0 bridgehead atoms. The Kier molecular flexibility index (Phi) is 3.57. The number of benzene rings is 1. The van der Waals surface area contributed by atoms with Crippen molar-refractivity contribution >= 4 is 5.78 Å². The molecule has 1 saturated carbocycles. The minimum Gasteiger partial charge on any atom is -0.388 e. The van der Waals surface area contributed by atoms with Crippen molar-refractivity contribution in [1.82, 2.24) is 0 Å². The SMILES string of the molecule is C[C@H]1CCC(=O)[C@@H]([C@H](O)c2ccc(F)cc2)C1. The quantitative estimate of drug-likeness (QED) is 0.857. The smallest absolute Gasteiger partial charge is 0.138 e. The molecular formula is C14H17FO2. The molecule has 0 saturated heterocycles. The van der Waals surface area contributed by atoms with E-state index in [2.05, 4.69) is 6.92 Å². The van der Waals surface area contributed by atoms with Gasteiger partial charge in [-0.2, -0.15) is 0 Å². The van der Waals surface area contributed by atoms with Crippen LogP contribution in [0.5, 0.6) is 0 Å². The third kappa shape index (κ3) is 2.72. The monoisotopic (exact) mass is 236 g/mol. The Hall–Kier alpha value is -1.22. The summed E-state index contributed by atoms with van der Waals surface area (Å²) < 4.78 is 12.8. The van der Waals surface area contributed by atoms with E-state index >= 15 is 0 Å². The summed E-state index contributed by atoms with van der Waals surface area (Å²) >= 11 is 0. The lowest BCUT2D eigenvalue weighted by atomic mass is 9.77. The van der Waals surface area contributed by atoms with E-state index in [1.807, 2.05) is 0 Å². The van der Waals surface area contributed by atoms with Crippen molar-refractivity contribution in [2.75, 3.05) is 0 Å². The first-order valence-corrected chi connectivity index (χ1v) is 6.04. The zero-order valence-electron chi connectivity index (χ0n) is 9.90. The van der Waals surface area contributed by atoms with Crippen LogP contribution in [0.2, 0.25) is 0 Å². The van der Waals surface area contributed by atoms with E-state index in [0.717, 1.165) is 12.8 Å². The van der Waals surface area contributed by atoms with Gasteiger partial charge in [0.15, 0.2) is 0 Å². The van der Waals surface area contributed by atoms with Gasteiger partial charge in [0, 0.05) is 12.3 Å². The third-order valence-electron chi connectivity index (χ3n) is 3.55. The number of aliphatic hydroxyl groups is 1. The minimum atomic E-state index is -0.800. The second-order valence-electron chi connectivity index (χ2n) is 4.95.